The summed E-state index contributed by atoms with van der Waals surface area (Å²) < 4.78 is 2.65. The lowest BCUT2D eigenvalue weighted by atomic mass is 9.99. The van der Waals surface area contributed by atoms with Gasteiger partial charge in [0.1, 0.15) is 0 Å². The molecule has 0 amide bonds. The molecule has 42 heavy (non-hydrogen) atoms. The quantitative estimate of drug-likeness (QED) is 0.205. The summed E-state index contributed by atoms with van der Waals surface area (Å²) >= 11 is 1.86. The van der Waals surface area contributed by atoms with E-state index in [-0.39, 0.29) is 0 Å². The van der Waals surface area contributed by atoms with Crippen molar-refractivity contribution in [2.24, 2.45) is 0 Å². The summed E-state index contributed by atoms with van der Waals surface area (Å²) in [6.45, 7) is 0. The SMILES string of the molecule is c1ccc(N(c2ccc(-c3ccc4ccccc4c3)cc2)c2ccccc2-c2ccc3sc4ccccc4c3c2)cc1. The first kappa shape index (κ1) is 24.6. The molecule has 8 aromatic rings. The number of benzene rings is 7. The van der Waals surface area contributed by atoms with Gasteiger partial charge < -0.3 is 4.90 Å². The lowest BCUT2D eigenvalue weighted by Gasteiger charge is -2.28. The van der Waals surface area contributed by atoms with Gasteiger partial charge in [0, 0.05) is 37.1 Å². The van der Waals surface area contributed by atoms with E-state index < -0.39 is 0 Å². The molecular weight excluding hydrogens is 527 g/mol. The molecule has 8 rings (SSSR count). The Bertz CT molecular complexity index is 2190. The molecule has 0 unspecified atom stereocenters. The molecule has 0 aliphatic heterocycles. The number of para-hydroxylation sites is 2. The summed E-state index contributed by atoms with van der Waals surface area (Å²) in [5.74, 6) is 0. The van der Waals surface area contributed by atoms with Crippen molar-refractivity contribution in [3.63, 3.8) is 0 Å². The normalized spacial score (nSPS) is 11.3. The first-order valence-corrected chi connectivity index (χ1v) is 15.1. The van der Waals surface area contributed by atoms with E-state index in [1.54, 1.807) is 0 Å². The highest BCUT2D eigenvalue weighted by Crippen LogP contribution is 2.43. The Labute approximate surface area is 249 Å². The number of anilines is 3. The van der Waals surface area contributed by atoms with Gasteiger partial charge in [-0.1, -0.05) is 109 Å². The van der Waals surface area contributed by atoms with Gasteiger partial charge in [0.05, 0.1) is 5.69 Å². The molecule has 198 valence electrons. The number of fused-ring (bicyclic) bond motifs is 4. The van der Waals surface area contributed by atoms with Gasteiger partial charge in [0.2, 0.25) is 0 Å². The van der Waals surface area contributed by atoms with Crippen LogP contribution in [0, 0.1) is 0 Å². The van der Waals surface area contributed by atoms with Crippen molar-refractivity contribution in [1.82, 2.24) is 0 Å². The van der Waals surface area contributed by atoms with Crippen molar-refractivity contribution in [1.29, 1.82) is 0 Å². The second-order valence-electron chi connectivity index (χ2n) is 10.6. The Hall–Kier alpha value is -5.18. The third-order valence-corrected chi connectivity index (χ3v) is 9.21. The Morgan fingerprint density at radius 1 is 0.381 bits per heavy atom. The lowest BCUT2D eigenvalue weighted by Crippen LogP contribution is -2.11. The van der Waals surface area contributed by atoms with Gasteiger partial charge >= 0.3 is 0 Å². The van der Waals surface area contributed by atoms with Gasteiger partial charge in [-0.3, -0.25) is 0 Å². The van der Waals surface area contributed by atoms with E-state index in [1.165, 1.54) is 53.2 Å². The van der Waals surface area contributed by atoms with Crippen molar-refractivity contribution in [2.75, 3.05) is 4.90 Å². The topological polar surface area (TPSA) is 3.24 Å². The maximum atomic E-state index is 2.37. The summed E-state index contributed by atoms with van der Waals surface area (Å²) in [6, 6.07) is 59.2. The van der Waals surface area contributed by atoms with E-state index in [2.05, 4.69) is 169 Å². The summed E-state index contributed by atoms with van der Waals surface area (Å²) in [5.41, 5.74) is 8.27. The molecule has 0 radical (unpaired) electrons. The smallest absolute Gasteiger partial charge is 0.0540 e. The molecule has 0 N–H and O–H groups in total. The minimum Gasteiger partial charge on any atom is -0.310 e. The van der Waals surface area contributed by atoms with E-state index in [9.17, 15) is 0 Å². The van der Waals surface area contributed by atoms with E-state index >= 15 is 0 Å². The molecule has 1 aromatic heterocycles. The third kappa shape index (κ3) is 4.34. The predicted octanol–water partition coefficient (Wildman–Crippen LogP) is 12.0. The van der Waals surface area contributed by atoms with Crippen LogP contribution in [-0.2, 0) is 0 Å². The van der Waals surface area contributed by atoms with Crippen LogP contribution < -0.4 is 4.90 Å². The van der Waals surface area contributed by atoms with Crippen LogP contribution >= 0.6 is 11.3 Å². The zero-order chi connectivity index (χ0) is 27.9. The summed E-state index contributed by atoms with van der Waals surface area (Å²) in [4.78, 5) is 2.37. The largest absolute Gasteiger partial charge is 0.310 e. The van der Waals surface area contributed by atoms with Gasteiger partial charge in [-0.15, -0.1) is 11.3 Å². The predicted molar refractivity (Wildman–Crippen MR) is 182 cm³/mol. The zero-order valence-electron chi connectivity index (χ0n) is 22.9. The van der Waals surface area contributed by atoms with Gasteiger partial charge in [0.15, 0.2) is 0 Å². The first-order valence-electron chi connectivity index (χ1n) is 14.3. The van der Waals surface area contributed by atoms with E-state index in [4.69, 9.17) is 0 Å². The number of hydrogen-bond acceptors (Lipinski definition) is 2. The van der Waals surface area contributed by atoms with Gasteiger partial charge in [-0.2, -0.15) is 0 Å². The molecule has 7 aromatic carbocycles. The van der Waals surface area contributed by atoms with Crippen LogP contribution in [0.25, 0.3) is 53.2 Å². The fraction of sp³-hybridized carbons (Fsp3) is 0. The molecule has 0 atom stereocenters. The Morgan fingerprint density at radius 3 is 1.90 bits per heavy atom. The molecule has 0 saturated heterocycles. The minimum absolute atomic E-state index is 1.13. The zero-order valence-corrected chi connectivity index (χ0v) is 23.8. The van der Waals surface area contributed by atoms with Crippen LogP contribution in [0.5, 0.6) is 0 Å². The number of nitrogens with zero attached hydrogens (tertiary/aromatic N) is 1. The molecule has 0 aliphatic carbocycles. The highest BCUT2D eigenvalue weighted by Gasteiger charge is 2.18. The van der Waals surface area contributed by atoms with Crippen molar-refractivity contribution in [2.45, 2.75) is 0 Å². The minimum atomic E-state index is 1.13. The van der Waals surface area contributed by atoms with E-state index in [0.29, 0.717) is 0 Å². The Kier molecular flexibility index (Phi) is 6.05. The Morgan fingerprint density at radius 2 is 1.02 bits per heavy atom. The average molecular weight is 554 g/mol. The van der Waals surface area contributed by atoms with Gasteiger partial charge in [-0.05, 0) is 82.1 Å². The van der Waals surface area contributed by atoms with Crippen LogP contribution in [0.15, 0.2) is 164 Å². The van der Waals surface area contributed by atoms with Crippen molar-refractivity contribution in [3.05, 3.63) is 164 Å². The van der Waals surface area contributed by atoms with Crippen LogP contribution in [0.3, 0.4) is 0 Å². The Balaban J connectivity index is 1.25. The van der Waals surface area contributed by atoms with E-state index in [0.717, 1.165) is 17.1 Å². The maximum Gasteiger partial charge on any atom is 0.0540 e. The number of rotatable bonds is 5. The second kappa shape index (κ2) is 10.3. The third-order valence-electron chi connectivity index (χ3n) is 8.06. The maximum absolute atomic E-state index is 2.37. The van der Waals surface area contributed by atoms with Crippen LogP contribution in [-0.4, -0.2) is 0 Å². The fourth-order valence-corrected chi connectivity index (χ4v) is 7.07. The molecule has 1 nitrogen and oxygen atoms in total. The van der Waals surface area contributed by atoms with Crippen LogP contribution in [0.1, 0.15) is 0 Å². The highest BCUT2D eigenvalue weighted by atomic mass is 32.1. The molecular formula is C40H27NS. The highest BCUT2D eigenvalue weighted by molar-refractivity contribution is 7.25. The number of hydrogen-bond donors (Lipinski definition) is 0. The summed E-state index contributed by atoms with van der Waals surface area (Å²) in [6.07, 6.45) is 0. The molecule has 0 spiro atoms. The van der Waals surface area contributed by atoms with E-state index in [1.807, 2.05) is 11.3 Å². The van der Waals surface area contributed by atoms with Crippen molar-refractivity contribution >= 4 is 59.3 Å². The second-order valence-corrected chi connectivity index (χ2v) is 11.7. The van der Waals surface area contributed by atoms with Crippen LogP contribution in [0.2, 0.25) is 0 Å². The first-order chi connectivity index (χ1) is 20.8. The van der Waals surface area contributed by atoms with Crippen molar-refractivity contribution < 1.29 is 0 Å². The molecule has 0 fully saturated rings. The monoisotopic (exact) mass is 553 g/mol. The van der Waals surface area contributed by atoms with Gasteiger partial charge in [-0.25, -0.2) is 0 Å². The van der Waals surface area contributed by atoms with Crippen LogP contribution in [0.4, 0.5) is 17.1 Å². The average Bonchev–Trinajstić information content (AvgIpc) is 3.44. The molecule has 1 heterocycles. The fourth-order valence-electron chi connectivity index (χ4n) is 5.98. The molecule has 2 heteroatoms. The molecule has 0 saturated carbocycles. The number of thiophene rings is 1. The summed E-state index contributed by atoms with van der Waals surface area (Å²) in [7, 11) is 0. The molecule has 0 bridgehead atoms. The van der Waals surface area contributed by atoms with Crippen molar-refractivity contribution in [3.8, 4) is 22.3 Å². The summed E-state index contributed by atoms with van der Waals surface area (Å²) in [5, 5.41) is 5.16. The van der Waals surface area contributed by atoms with Gasteiger partial charge in [0.25, 0.3) is 0 Å². The standard InChI is InChI=1S/C40H27NS/c1-2-12-33(13-3-1)41(34-23-20-29(21-24-34)31-19-18-28-10-4-5-11-30(28)26-31)38-16-8-6-14-35(38)32-22-25-40-37(27-32)36-15-7-9-17-39(36)42-40/h1-27H. The molecule has 0 aliphatic rings. The lowest BCUT2D eigenvalue weighted by molar-refractivity contribution is 1.28.